The molecule has 2 heterocycles. The summed E-state index contributed by atoms with van der Waals surface area (Å²) in [5, 5.41) is 7.99. The monoisotopic (exact) mass is 273 g/mol. The third-order valence-corrected chi connectivity index (χ3v) is 4.83. The number of fused-ring (bicyclic) bond motifs is 1. The van der Waals surface area contributed by atoms with Crippen LogP contribution in [0.3, 0.4) is 0 Å². The predicted molar refractivity (Wildman–Crippen MR) is 79.3 cm³/mol. The fourth-order valence-corrected chi connectivity index (χ4v) is 3.84. The van der Waals surface area contributed by atoms with Gasteiger partial charge in [0.1, 0.15) is 0 Å². The second kappa shape index (κ2) is 5.39. The van der Waals surface area contributed by atoms with Gasteiger partial charge in [0.2, 0.25) is 0 Å². The maximum absolute atomic E-state index is 4.25. The summed E-state index contributed by atoms with van der Waals surface area (Å²) in [7, 11) is 2.00. The summed E-state index contributed by atoms with van der Waals surface area (Å²) in [6.07, 6.45) is 3.04. The van der Waals surface area contributed by atoms with E-state index >= 15 is 0 Å². The maximum atomic E-state index is 4.25. The van der Waals surface area contributed by atoms with Crippen molar-refractivity contribution >= 4 is 11.8 Å². The van der Waals surface area contributed by atoms with E-state index in [0.717, 1.165) is 0 Å². The maximum Gasteiger partial charge on any atom is 0.0547 e. The fourth-order valence-electron chi connectivity index (χ4n) is 2.71. The first kappa shape index (κ1) is 12.8. The molecule has 1 aliphatic rings. The number of nitrogens with zero attached hydrogens (tertiary/aromatic N) is 2. The van der Waals surface area contributed by atoms with Crippen molar-refractivity contribution < 1.29 is 0 Å². The minimum Gasteiger partial charge on any atom is -0.302 e. The van der Waals surface area contributed by atoms with Crippen molar-refractivity contribution in [2.45, 2.75) is 30.3 Å². The number of thioether (sulfide) groups is 1. The zero-order chi connectivity index (χ0) is 13.2. The van der Waals surface area contributed by atoms with Gasteiger partial charge in [-0.3, -0.25) is 4.68 Å². The number of hydrogen-bond acceptors (Lipinski definition) is 3. The highest BCUT2D eigenvalue weighted by Crippen LogP contribution is 2.36. The molecule has 0 amide bonds. The summed E-state index contributed by atoms with van der Waals surface area (Å²) < 4.78 is 1.95. The molecule has 100 valence electrons. The van der Waals surface area contributed by atoms with Gasteiger partial charge in [-0.25, -0.2) is 0 Å². The predicted octanol–water partition coefficient (Wildman–Crippen LogP) is 3.31. The molecule has 4 heteroatoms. The van der Waals surface area contributed by atoms with Crippen LogP contribution in [-0.2, 0) is 7.05 Å². The molecule has 1 aromatic heterocycles. The van der Waals surface area contributed by atoms with Gasteiger partial charge >= 0.3 is 0 Å². The van der Waals surface area contributed by atoms with Crippen LogP contribution in [0.5, 0.6) is 0 Å². The van der Waals surface area contributed by atoms with Crippen molar-refractivity contribution in [3.8, 4) is 0 Å². The average molecular weight is 273 g/mol. The lowest BCUT2D eigenvalue weighted by Gasteiger charge is -2.29. The highest BCUT2D eigenvalue weighted by Gasteiger charge is 2.22. The SMILES string of the molecule is CC(NC1CCSc2ccccc21)c1ccnn1C. The Morgan fingerprint density at radius 2 is 2.21 bits per heavy atom. The zero-order valence-electron chi connectivity index (χ0n) is 11.3. The van der Waals surface area contributed by atoms with Gasteiger partial charge in [0.05, 0.1) is 5.69 Å². The molecule has 0 bridgehead atoms. The molecule has 19 heavy (non-hydrogen) atoms. The number of nitrogens with one attached hydrogen (secondary N) is 1. The molecule has 1 aromatic carbocycles. The Labute approximate surface area is 118 Å². The van der Waals surface area contributed by atoms with Gasteiger partial charge in [-0.2, -0.15) is 5.10 Å². The van der Waals surface area contributed by atoms with Crippen LogP contribution in [0.15, 0.2) is 41.4 Å². The summed E-state index contributed by atoms with van der Waals surface area (Å²) >= 11 is 1.96. The van der Waals surface area contributed by atoms with Crippen LogP contribution in [0.25, 0.3) is 0 Å². The number of aryl methyl sites for hydroxylation is 1. The van der Waals surface area contributed by atoms with Crippen molar-refractivity contribution in [3.63, 3.8) is 0 Å². The molecular weight excluding hydrogens is 254 g/mol. The van der Waals surface area contributed by atoms with Crippen molar-refractivity contribution in [2.24, 2.45) is 7.05 Å². The standard InChI is InChI=1S/C15H19N3S/c1-11(14-7-9-16-18(14)2)17-13-8-10-19-15-6-4-3-5-12(13)15/h3-7,9,11,13,17H,8,10H2,1-2H3. The third kappa shape index (κ3) is 2.55. The Morgan fingerprint density at radius 3 is 3.00 bits per heavy atom. The number of benzene rings is 1. The molecule has 0 fully saturated rings. The average Bonchev–Trinajstić information content (AvgIpc) is 2.85. The summed E-state index contributed by atoms with van der Waals surface area (Å²) in [5.74, 6) is 1.19. The van der Waals surface area contributed by atoms with Crippen molar-refractivity contribution in [3.05, 3.63) is 47.8 Å². The molecule has 0 spiro atoms. The van der Waals surface area contributed by atoms with E-state index in [9.17, 15) is 0 Å². The first-order valence-electron chi connectivity index (χ1n) is 6.71. The lowest BCUT2D eigenvalue weighted by atomic mass is 10.0. The highest BCUT2D eigenvalue weighted by atomic mass is 32.2. The summed E-state index contributed by atoms with van der Waals surface area (Å²) in [6, 6.07) is 11.6. The Bertz CT molecular complexity index is 564. The summed E-state index contributed by atoms with van der Waals surface area (Å²) in [6.45, 7) is 2.21. The molecule has 3 rings (SSSR count). The van der Waals surface area contributed by atoms with E-state index in [2.05, 4.69) is 47.7 Å². The molecular formula is C15H19N3S. The topological polar surface area (TPSA) is 29.9 Å². The van der Waals surface area contributed by atoms with Crippen molar-refractivity contribution in [1.29, 1.82) is 0 Å². The van der Waals surface area contributed by atoms with Crippen molar-refractivity contribution in [2.75, 3.05) is 5.75 Å². The fraction of sp³-hybridized carbons (Fsp3) is 0.400. The normalized spacial score (nSPS) is 20.0. The molecule has 1 aliphatic heterocycles. The van der Waals surface area contributed by atoms with Crippen LogP contribution in [-0.4, -0.2) is 15.5 Å². The minimum absolute atomic E-state index is 0.314. The molecule has 2 aromatic rings. The van der Waals surface area contributed by atoms with Crippen LogP contribution in [0.2, 0.25) is 0 Å². The van der Waals surface area contributed by atoms with Gasteiger partial charge in [-0.15, -0.1) is 11.8 Å². The highest BCUT2D eigenvalue weighted by molar-refractivity contribution is 7.99. The molecule has 0 radical (unpaired) electrons. The smallest absolute Gasteiger partial charge is 0.0547 e. The van der Waals surface area contributed by atoms with E-state index in [-0.39, 0.29) is 0 Å². The first-order chi connectivity index (χ1) is 9.25. The van der Waals surface area contributed by atoms with Gasteiger partial charge in [-0.05, 0) is 36.8 Å². The lowest BCUT2D eigenvalue weighted by Crippen LogP contribution is -2.28. The molecule has 2 atom stereocenters. The van der Waals surface area contributed by atoms with Crippen molar-refractivity contribution in [1.82, 2.24) is 15.1 Å². The Morgan fingerprint density at radius 1 is 1.37 bits per heavy atom. The third-order valence-electron chi connectivity index (χ3n) is 3.71. The first-order valence-corrected chi connectivity index (χ1v) is 7.70. The van der Waals surface area contributed by atoms with E-state index in [1.165, 1.54) is 28.3 Å². The van der Waals surface area contributed by atoms with E-state index in [0.29, 0.717) is 12.1 Å². The van der Waals surface area contributed by atoms with Gasteiger partial charge in [0, 0.05) is 30.2 Å². The molecule has 3 nitrogen and oxygen atoms in total. The number of hydrogen-bond donors (Lipinski definition) is 1. The van der Waals surface area contributed by atoms with Crippen LogP contribution < -0.4 is 5.32 Å². The second-order valence-corrected chi connectivity index (χ2v) is 6.13. The van der Waals surface area contributed by atoms with Crippen LogP contribution >= 0.6 is 11.8 Å². The largest absolute Gasteiger partial charge is 0.302 e. The van der Waals surface area contributed by atoms with Crippen LogP contribution in [0, 0.1) is 0 Å². The zero-order valence-corrected chi connectivity index (χ0v) is 12.2. The Hall–Kier alpha value is -1.26. The Kier molecular flexibility index (Phi) is 3.62. The quantitative estimate of drug-likeness (QED) is 0.930. The van der Waals surface area contributed by atoms with Crippen LogP contribution in [0.1, 0.15) is 36.7 Å². The minimum atomic E-state index is 0.314. The molecule has 0 saturated heterocycles. The van der Waals surface area contributed by atoms with E-state index in [1.54, 1.807) is 0 Å². The van der Waals surface area contributed by atoms with E-state index < -0.39 is 0 Å². The molecule has 1 N–H and O–H groups in total. The van der Waals surface area contributed by atoms with Crippen LogP contribution in [0.4, 0.5) is 0 Å². The lowest BCUT2D eigenvalue weighted by molar-refractivity contribution is 0.432. The second-order valence-electron chi connectivity index (χ2n) is 5.00. The molecule has 2 unspecified atom stereocenters. The van der Waals surface area contributed by atoms with Gasteiger partial charge < -0.3 is 5.32 Å². The van der Waals surface area contributed by atoms with Gasteiger partial charge in [-0.1, -0.05) is 18.2 Å². The summed E-state index contributed by atoms with van der Waals surface area (Å²) in [4.78, 5) is 1.42. The van der Waals surface area contributed by atoms with E-state index in [1.807, 2.05) is 29.7 Å². The van der Waals surface area contributed by atoms with E-state index in [4.69, 9.17) is 0 Å². The molecule has 0 aliphatic carbocycles. The Balaban J connectivity index is 1.80. The number of aromatic nitrogens is 2. The van der Waals surface area contributed by atoms with Gasteiger partial charge in [0.15, 0.2) is 0 Å². The molecule has 0 saturated carbocycles. The number of rotatable bonds is 3. The summed E-state index contributed by atoms with van der Waals surface area (Å²) in [5.41, 5.74) is 2.67. The van der Waals surface area contributed by atoms with Gasteiger partial charge in [0.25, 0.3) is 0 Å².